The molecule has 0 aromatic heterocycles. The lowest BCUT2D eigenvalue weighted by atomic mass is 9.92. The smallest absolute Gasteiger partial charge is 0.385 e. The lowest BCUT2D eigenvalue weighted by Gasteiger charge is -2.24. The zero-order valence-electron chi connectivity index (χ0n) is 16.3. The van der Waals surface area contributed by atoms with E-state index in [0.29, 0.717) is 18.8 Å². The summed E-state index contributed by atoms with van der Waals surface area (Å²) in [6.45, 7) is 0.758. The van der Waals surface area contributed by atoms with Crippen molar-refractivity contribution in [1.82, 2.24) is 0 Å². The van der Waals surface area contributed by atoms with Crippen molar-refractivity contribution >= 4 is 7.82 Å². The van der Waals surface area contributed by atoms with Gasteiger partial charge in [-0.3, -0.25) is 4.52 Å². The molecule has 0 unspecified atom stereocenters. The Morgan fingerprint density at radius 3 is 2.48 bits per heavy atom. The molecule has 0 saturated heterocycles. The molecule has 4 N–H and O–H groups in total. The molecule has 0 heterocycles. The minimum atomic E-state index is -4.47. The highest BCUT2D eigenvalue weighted by Crippen LogP contribution is 2.43. The number of unbranched alkanes of at least 4 members (excludes halogenated alkanes) is 4. The van der Waals surface area contributed by atoms with Gasteiger partial charge in [0.2, 0.25) is 0 Å². The van der Waals surface area contributed by atoms with Crippen LogP contribution in [0.1, 0.15) is 68.4 Å². The molecule has 0 amide bonds. The van der Waals surface area contributed by atoms with E-state index in [4.69, 9.17) is 20.3 Å². The van der Waals surface area contributed by atoms with Gasteiger partial charge >= 0.3 is 7.82 Å². The molecule has 1 saturated carbocycles. The van der Waals surface area contributed by atoms with Gasteiger partial charge in [-0.25, -0.2) is 4.57 Å². The Balaban J connectivity index is 1.73. The monoisotopic (exact) mass is 399 g/mol. The molecule has 1 aromatic carbocycles. The Kier molecular flexibility index (Phi) is 8.93. The average Bonchev–Trinajstić information content (AvgIpc) is 3.02. The number of ether oxygens (including phenoxy) is 1. The van der Waals surface area contributed by atoms with E-state index in [1.54, 1.807) is 7.11 Å². The van der Waals surface area contributed by atoms with Gasteiger partial charge in [-0.15, -0.1) is 0 Å². The summed E-state index contributed by atoms with van der Waals surface area (Å²) in [6, 6.07) is 8.74. The van der Waals surface area contributed by atoms with Crippen molar-refractivity contribution in [3.8, 4) is 0 Å². The standard InChI is InChI=1S/C20H34NO5P/c1-25-14-6-4-2-3-5-7-17-8-10-18(11-9-17)19-12-13-20(21,15-19)16-26-27(22,23)24/h8-11,19H,2-7,12-16,21H2,1H3,(H2,22,23,24)/t19-,20-/m1/s1. The van der Waals surface area contributed by atoms with Crippen LogP contribution in [0, 0.1) is 0 Å². The highest BCUT2D eigenvalue weighted by Gasteiger charge is 2.38. The second-order valence-electron chi connectivity index (χ2n) is 7.82. The molecular formula is C20H34NO5P. The van der Waals surface area contributed by atoms with Gasteiger partial charge < -0.3 is 20.3 Å². The summed E-state index contributed by atoms with van der Waals surface area (Å²) in [5.74, 6) is 0.324. The molecule has 154 valence electrons. The molecule has 2 rings (SSSR count). The average molecular weight is 399 g/mol. The first-order valence-corrected chi connectivity index (χ1v) is 11.4. The third-order valence-electron chi connectivity index (χ3n) is 5.43. The molecule has 1 aliphatic rings. The van der Waals surface area contributed by atoms with Gasteiger partial charge in [0.1, 0.15) is 0 Å². The largest absolute Gasteiger partial charge is 0.469 e. The van der Waals surface area contributed by atoms with E-state index in [0.717, 1.165) is 25.9 Å². The Hall–Kier alpha value is -0.750. The van der Waals surface area contributed by atoms with Gasteiger partial charge in [-0.05, 0) is 55.6 Å². The van der Waals surface area contributed by atoms with Crippen LogP contribution in [0.5, 0.6) is 0 Å². The maximum atomic E-state index is 10.9. The first-order chi connectivity index (χ1) is 12.8. The molecular weight excluding hydrogens is 365 g/mol. The number of hydrogen-bond donors (Lipinski definition) is 3. The normalized spacial score (nSPS) is 23.0. The number of phosphoric acid groups is 1. The summed E-state index contributed by atoms with van der Waals surface area (Å²) in [4.78, 5) is 17.8. The molecule has 6 nitrogen and oxygen atoms in total. The van der Waals surface area contributed by atoms with Crippen molar-refractivity contribution in [3.63, 3.8) is 0 Å². The Labute approximate surface area is 162 Å². The quantitative estimate of drug-likeness (QED) is 0.364. The molecule has 0 bridgehead atoms. The zero-order chi connectivity index (χ0) is 19.8. The molecule has 1 aromatic rings. The topological polar surface area (TPSA) is 102 Å². The molecule has 0 spiro atoms. The van der Waals surface area contributed by atoms with E-state index in [1.165, 1.54) is 36.8 Å². The maximum Gasteiger partial charge on any atom is 0.469 e. The third kappa shape index (κ3) is 8.43. The minimum Gasteiger partial charge on any atom is -0.385 e. The van der Waals surface area contributed by atoms with E-state index in [1.807, 2.05) is 0 Å². The SMILES string of the molecule is COCCCCCCCc1ccc([C@@H]2CC[C@](N)(COP(=O)(O)O)C2)cc1. The molecule has 27 heavy (non-hydrogen) atoms. The van der Waals surface area contributed by atoms with Gasteiger partial charge in [0.05, 0.1) is 6.61 Å². The fourth-order valence-electron chi connectivity index (χ4n) is 3.85. The van der Waals surface area contributed by atoms with Crippen molar-refractivity contribution in [1.29, 1.82) is 0 Å². The minimum absolute atomic E-state index is 0.101. The number of hydrogen-bond acceptors (Lipinski definition) is 4. The van der Waals surface area contributed by atoms with E-state index < -0.39 is 13.4 Å². The Bertz CT molecular complexity index is 603. The molecule has 1 aliphatic carbocycles. The Morgan fingerprint density at radius 1 is 1.15 bits per heavy atom. The van der Waals surface area contributed by atoms with Crippen LogP contribution in [0.2, 0.25) is 0 Å². The molecule has 2 atom stereocenters. The summed E-state index contributed by atoms with van der Waals surface area (Å²) in [6.07, 6.45) is 9.53. The first kappa shape index (κ1) is 22.5. The van der Waals surface area contributed by atoms with Gasteiger partial charge in [0.25, 0.3) is 0 Å². The maximum absolute atomic E-state index is 10.9. The summed E-state index contributed by atoms with van der Waals surface area (Å²) >= 11 is 0. The van der Waals surface area contributed by atoms with E-state index in [2.05, 4.69) is 28.8 Å². The second kappa shape index (κ2) is 10.7. The van der Waals surface area contributed by atoms with Gasteiger partial charge in [-0.2, -0.15) is 0 Å². The number of methoxy groups -OCH3 is 1. The van der Waals surface area contributed by atoms with Crippen LogP contribution in [-0.2, 0) is 20.2 Å². The van der Waals surface area contributed by atoms with E-state index in [-0.39, 0.29) is 6.61 Å². The van der Waals surface area contributed by atoms with Crippen LogP contribution < -0.4 is 5.73 Å². The number of benzene rings is 1. The summed E-state index contributed by atoms with van der Waals surface area (Å²) in [7, 11) is -2.72. The van der Waals surface area contributed by atoms with Crippen molar-refractivity contribution in [2.45, 2.75) is 69.2 Å². The van der Waals surface area contributed by atoms with Crippen LogP contribution in [-0.4, -0.2) is 35.6 Å². The zero-order valence-corrected chi connectivity index (χ0v) is 17.2. The summed E-state index contributed by atoms with van der Waals surface area (Å²) in [5, 5.41) is 0. The predicted molar refractivity (Wildman–Crippen MR) is 107 cm³/mol. The van der Waals surface area contributed by atoms with Crippen LogP contribution in [0.4, 0.5) is 0 Å². The first-order valence-electron chi connectivity index (χ1n) is 9.88. The second-order valence-corrected chi connectivity index (χ2v) is 9.06. The van der Waals surface area contributed by atoms with Crippen LogP contribution in [0.25, 0.3) is 0 Å². The highest BCUT2D eigenvalue weighted by atomic mass is 31.2. The van der Waals surface area contributed by atoms with Crippen LogP contribution in [0.15, 0.2) is 24.3 Å². The number of rotatable bonds is 12. The molecule has 0 aliphatic heterocycles. The summed E-state index contributed by atoms with van der Waals surface area (Å²) < 4.78 is 20.6. The van der Waals surface area contributed by atoms with Crippen LogP contribution >= 0.6 is 7.82 Å². The predicted octanol–water partition coefficient (Wildman–Crippen LogP) is 3.90. The van der Waals surface area contributed by atoms with Crippen molar-refractivity contribution in [2.75, 3.05) is 20.3 Å². The van der Waals surface area contributed by atoms with E-state index in [9.17, 15) is 4.57 Å². The van der Waals surface area contributed by atoms with Crippen molar-refractivity contribution in [3.05, 3.63) is 35.4 Å². The highest BCUT2D eigenvalue weighted by molar-refractivity contribution is 7.46. The van der Waals surface area contributed by atoms with Gasteiger partial charge in [-0.1, -0.05) is 43.5 Å². The molecule has 7 heteroatoms. The van der Waals surface area contributed by atoms with E-state index >= 15 is 0 Å². The molecule has 1 fully saturated rings. The number of nitrogens with two attached hydrogens (primary N) is 1. The number of phosphoric ester groups is 1. The number of aryl methyl sites for hydroxylation is 1. The van der Waals surface area contributed by atoms with Crippen molar-refractivity contribution in [2.24, 2.45) is 5.73 Å². The molecule has 0 radical (unpaired) electrons. The lowest BCUT2D eigenvalue weighted by Crippen LogP contribution is -2.41. The fourth-order valence-corrected chi connectivity index (χ4v) is 4.27. The van der Waals surface area contributed by atoms with Crippen molar-refractivity contribution < 1.29 is 23.6 Å². The lowest BCUT2D eigenvalue weighted by molar-refractivity contribution is 0.153. The fraction of sp³-hybridized carbons (Fsp3) is 0.700. The van der Waals surface area contributed by atoms with Gasteiger partial charge in [0.15, 0.2) is 0 Å². The van der Waals surface area contributed by atoms with Gasteiger partial charge in [0, 0.05) is 19.3 Å². The Morgan fingerprint density at radius 2 is 1.81 bits per heavy atom. The van der Waals surface area contributed by atoms with Crippen LogP contribution in [0.3, 0.4) is 0 Å². The summed E-state index contributed by atoms with van der Waals surface area (Å²) in [5.41, 5.74) is 8.22. The third-order valence-corrected chi connectivity index (χ3v) is 5.89.